The van der Waals surface area contributed by atoms with Crippen molar-refractivity contribution in [2.75, 3.05) is 0 Å². The molecular weight excluding hydrogens is 205 g/mol. The number of rotatable bonds is 0. The number of thiol groups is 1. The topological polar surface area (TPSA) is 23.8 Å². The van der Waals surface area contributed by atoms with Crippen molar-refractivity contribution in [1.29, 1.82) is 5.26 Å². The number of nitriles is 1. The van der Waals surface area contributed by atoms with Crippen LogP contribution in [0.1, 0.15) is 5.56 Å². The third kappa shape index (κ3) is 1.21. The van der Waals surface area contributed by atoms with Crippen LogP contribution in [0, 0.1) is 17.1 Å². The molecule has 0 radical (unpaired) electrons. The lowest BCUT2D eigenvalue weighted by atomic mass is 10.2. The Morgan fingerprint density at radius 2 is 2.31 bits per heavy atom. The van der Waals surface area contributed by atoms with E-state index in [1.807, 2.05) is 6.07 Å². The number of halogens is 1. The van der Waals surface area contributed by atoms with Crippen LogP contribution < -0.4 is 0 Å². The second-order valence-electron chi connectivity index (χ2n) is 2.54. The Hall–Kier alpha value is -1.05. The first kappa shape index (κ1) is 8.54. The molecule has 1 aromatic heterocycles. The number of thiophene rings is 1. The predicted octanol–water partition coefficient (Wildman–Crippen LogP) is 3.20. The summed E-state index contributed by atoms with van der Waals surface area (Å²) in [7, 11) is 0. The summed E-state index contributed by atoms with van der Waals surface area (Å²) in [6, 6.07) is 5.35. The van der Waals surface area contributed by atoms with Gasteiger partial charge >= 0.3 is 0 Å². The van der Waals surface area contributed by atoms with Crippen LogP contribution >= 0.6 is 24.0 Å². The molecule has 0 unspecified atom stereocenters. The van der Waals surface area contributed by atoms with Gasteiger partial charge in [-0.15, -0.1) is 24.0 Å². The summed E-state index contributed by atoms with van der Waals surface area (Å²) < 4.78 is 14.0. The lowest BCUT2D eigenvalue weighted by Gasteiger charge is -1.98. The summed E-state index contributed by atoms with van der Waals surface area (Å²) in [5, 5.41) is 11.2. The molecule has 0 aliphatic carbocycles. The van der Waals surface area contributed by atoms with Gasteiger partial charge in [0.25, 0.3) is 0 Å². The van der Waals surface area contributed by atoms with Gasteiger partial charge in [0.1, 0.15) is 6.07 Å². The van der Waals surface area contributed by atoms with Crippen LogP contribution in [0.2, 0.25) is 0 Å². The van der Waals surface area contributed by atoms with E-state index in [0.29, 0.717) is 4.70 Å². The van der Waals surface area contributed by atoms with Crippen molar-refractivity contribution in [2.24, 2.45) is 0 Å². The SMILES string of the molecule is N#Cc1cc2ccsc2c(F)c1S. The summed E-state index contributed by atoms with van der Waals surface area (Å²) in [4.78, 5) is 0.137. The smallest absolute Gasteiger partial charge is 0.155 e. The van der Waals surface area contributed by atoms with Gasteiger partial charge in [-0.05, 0) is 22.9 Å². The summed E-state index contributed by atoms with van der Waals surface area (Å²) in [6.07, 6.45) is 0. The molecule has 0 aliphatic heterocycles. The largest absolute Gasteiger partial charge is 0.204 e. The van der Waals surface area contributed by atoms with Crippen LogP contribution in [0.3, 0.4) is 0 Å². The number of fused-ring (bicyclic) bond motifs is 1. The molecule has 64 valence electrons. The average Bonchev–Trinajstić information content (AvgIpc) is 2.59. The maximum Gasteiger partial charge on any atom is 0.155 e. The average molecular weight is 209 g/mol. The lowest BCUT2D eigenvalue weighted by Crippen LogP contribution is -1.84. The van der Waals surface area contributed by atoms with Gasteiger partial charge in [-0.1, -0.05) is 0 Å². The molecule has 0 spiro atoms. The molecule has 0 saturated carbocycles. The van der Waals surface area contributed by atoms with Crippen LogP contribution in [0.15, 0.2) is 22.4 Å². The molecule has 0 aliphatic rings. The molecule has 0 N–H and O–H groups in total. The van der Waals surface area contributed by atoms with Crippen molar-refractivity contribution in [3.8, 4) is 6.07 Å². The van der Waals surface area contributed by atoms with Crippen LogP contribution in [-0.4, -0.2) is 0 Å². The van der Waals surface area contributed by atoms with Crippen LogP contribution in [0.4, 0.5) is 4.39 Å². The molecule has 13 heavy (non-hydrogen) atoms. The van der Waals surface area contributed by atoms with Gasteiger partial charge in [0.15, 0.2) is 5.82 Å². The monoisotopic (exact) mass is 209 g/mol. The fourth-order valence-electron chi connectivity index (χ4n) is 1.15. The molecule has 4 heteroatoms. The van der Waals surface area contributed by atoms with Gasteiger partial charge < -0.3 is 0 Å². The summed E-state index contributed by atoms with van der Waals surface area (Å²) in [5.41, 5.74) is 0.284. The Labute approximate surface area is 83.8 Å². The molecule has 0 amide bonds. The maximum absolute atomic E-state index is 13.5. The standard InChI is InChI=1S/C9H4FNS2/c10-7-8(12)6(4-11)3-5-1-2-13-9(5)7/h1-3,12H. The third-order valence-electron chi connectivity index (χ3n) is 1.78. The summed E-state index contributed by atoms with van der Waals surface area (Å²) >= 11 is 5.27. The Morgan fingerprint density at radius 1 is 1.54 bits per heavy atom. The van der Waals surface area contributed by atoms with E-state index in [2.05, 4.69) is 12.6 Å². The Bertz CT molecular complexity index is 510. The predicted molar refractivity (Wildman–Crippen MR) is 53.8 cm³/mol. The van der Waals surface area contributed by atoms with Crippen molar-refractivity contribution in [2.45, 2.75) is 4.90 Å². The Morgan fingerprint density at radius 3 is 3.00 bits per heavy atom. The number of benzene rings is 1. The zero-order valence-corrected chi connectivity index (χ0v) is 8.12. The highest BCUT2D eigenvalue weighted by Gasteiger charge is 2.10. The van der Waals surface area contributed by atoms with Crippen molar-refractivity contribution in [3.63, 3.8) is 0 Å². The van der Waals surface area contributed by atoms with Gasteiger partial charge in [-0.2, -0.15) is 5.26 Å². The second kappa shape index (κ2) is 3.02. The normalized spacial score (nSPS) is 10.2. The summed E-state index contributed by atoms with van der Waals surface area (Å²) in [6.45, 7) is 0. The molecule has 0 atom stereocenters. The molecular formula is C9H4FNS2. The van der Waals surface area contributed by atoms with E-state index in [1.165, 1.54) is 11.3 Å². The van der Waals surface area contributed by atoms with Gasteiger partial charge in [0.05, 0.1) is 15.2 Å². The van der Waals surface area contributed by atoms with Crippen molar-refractivity contribution in [1.82, 2.24) is 0 Å². The highest BCUT2D eigenvalue weighted by atomic mass is 32.1. The van der Waals surface area contributed by atoms with E-state index in [1.54, 1.807) is 17.5 Å². The zero-order valence-electron chi connectivity index (χ0n) is 6.41. The Kier molecular flexibility index (Phi) is 1.98. The first-order chi connectivity index (χ1) is 6.24. The van der Waals surface area contributed by atoms with E-state index in [4.69, 9.17) is 5.26 Å². The van der Waals surface area contributed by atoms with Gasteiger partial charge in [0.2, 0.25) is 0 Å². The fourth-order valence-corrected chi connectivity index (χ4v) is 2.27. The fraction of sp³-hybridized carbons (Fsp3) is 0. The minimum atomic E-state index is -0.396. The molecule has 1 aromatic carbocycles. The van der Waals surface area contributed by atoms with E-state index >= 15 is 0 Å². The van der Waals surface area contributed by atoms with E-state index in [0.717, 1.165) is 5.39 Å². The highest BCUT2D eigenvalue weighted by Crippen LogP contribution is 2.30. The van der Waals surface area contributed by atoms with Crippen molar-refractivity contribution in [3.05, 3.63) is 28.9 Å². The minimum Gasteiger partial charge on any atom is -0.204 e. The maximum atomic E-state index is 13.5. The molecule has 2 rings (SSSR count). The van der Waals surface area contributed by atoms with Gasteiger partial charge in [0, 0.05) is 0 Å². The van der Waals surface area contributed by atoms with E-state index < -0.39 is 5.82 Å². The minimum absolute atomic E-state index is 0.137. The number of nitrogens with zero attached hydrogens (tertiary/aromatic N) is 1. The first-order valence-electron chi connectivity index (χ1n) is 3.53. The van der Waals surface area contributed by atoms with Crippen molar-refractivity contribution < 1.29 is 4.39 Å². The Balaban J connectivity index is 2.94. The van der Waals surface area contributed by atoms with Crippen molar-refractivity contribution >= 4 is 34.1 Å². The molecule has 2 aromatic rings. The van der Waals surface area contributed by atoms with Crippen LogP contribution in [-0.2, 0) is 0 Å². The zero-order chi connectivity index (χ0) is 9.42. The second-order valence-corrected chi connectivity index (χ2v) is 3.90. The number of hydrogen-bond acceptors (Lipinski definition) is 3. The molecule has 0 bridgehead atoms. The van der Waals surface area contributed by atoms with E-state index in [-0.39, 0.29) is 10.5 Å². The van der Waals surface area contributed by atoms with E-state index in [9.17, 15) is 4.39 Å². The molecule has 1 heterocycles. The quantitative estimate of drug-likeness (QED) is 0.662. The summed E-state index contributed by atoms with van der Waals surface area (Å²) in [5.74, 6) is -0.396. The highest BCUT2D eigenvalue weighted by molar-refractivity contribution is 7.80. The third-order valence-corrected chi connectivity index (χ3v) is 3.14. The van der Waals surface area contributed by atoms with Crippen LogP contribution in [0.5, 0.6) is 0 Å². The van der Waals surface area contributed by atoms with Crippen LogP contribution in [0.25, 0.3) is 10.1 Å². The first-order valence-corrected chi connectivity index (χ1v) is 4.85. The van der Waals surface area contributed by atoms with Gasteiger partial charge in [-0.25, -0.2) is 4.39 Å². The number of hydrogen-bond donors (Lipinski definition) is 1. The lowest BCUT2D eigenvalue weighted by molar-refractivity contribution is 0.616. The van der Waals surface area contributed by atoms with Gasteiger partial charge in [-0.3, -0.25) is 0 Å². The molecule has 1 nitrogen and oxygen atoms in total. The molecule has 0 saturated heterocycles. The molecule has 0 fully saturated rings.